The van der Waals surface area contributed by atoms with Crippen molar-refractivity contribution in [2.24, 2.45) is 0 Å². The summed E-state index contributed by atoms with van der Waals surface area (Å²) in [6, 6.07) is 7.83. The normalized spacial score (nSPS) is 17.5. The van der Waals surface area contributed by atoms with E-state index in [1.54, 1.807) is 0 Å². The number of nitrogens with zero attached hydrogens (tertiary/aromatic N) is 2. The van der Waals surface area contributed by atoms with Crippen molar-refractivity contribution in [3.63, 3.8) is 0 Å². The molecule has 1 aromatic heterocycles. The molecule has 112 valence electrons. The quantitative estimate of drug-likeness (QED) is 0.924. The number of benzene rings is 1. The molecule has 2 aromatic rings. The Balaban J connectivity index is 2.10. The van der Waals surface area contributed by atoms with Gasteiger partial charge in [-0.1, -0.05) is 12.1 Å². The van der Waals surface area contributed by atoms with E-state index >= 15 is 0 Å². The Labute approximate surface area is 127 Å². The first-order valence-electron chi connectivity index (χ1n) is 7.89. The zero-order valence-corrected chi connectivity index (χ0v) is 13.7. The summed E-state index contributed by atoms with van der Waals surface area (Å²) in [5.41, 5.74) is 7.95. The third kappa shape index (κ3) is 2.30. The van der Waals surface area contributed by atoms with Gasteiger partial charge in [0.25, 0.3) is 0 Å². The Morgan fingerprint density at radius 3 is 2.67 bits per heavy atom. The van der Waals surface area contributed by atoms with Crippen LogP contribution in [0.1, 0.15) is 54.9 Å². The third-order valence-electron chi connectivity index (χ3n) is 4.67. The van der Waals surface area contributed by atoms with Crippen molar-refractivity contribution in [2.75, 3.05) is 7.05 Å². The number of hydrogen-bond acceptors (Lipinski definition) is 2. The SMILES string of the molecule is CNC1CCc2ccc(-c3c(C)nn(C(C)C)c3C)cc21. The van der Waals surface area contributed by atoms with E-state index in [4.69, 9.17) is 5.10 Å². The highest BCUT2D eigenvalue weighted by Gasteiger charge is 2.23. The topological polar surface area (TPSA) is 29.9 Å². The average Bonchev–Trinajstić information content (AvgIpc) is 2.99. The van der Waals surface area contributed by atoms with E-state index in [0.29, 0.717) is 12.1 Å². The minimum atomic E-state index is 0.400. The molecule has 1 unspecified atom stereocenters. The van der Waals surface area contributed by atoms with Crippen molar-refractivity contribution in [2.45, 2.75) is 52.6 Å². The summed E-state index contributed by atoms with van der Waals surface area (Å²) in [7, 11) is 2.06. The second-order valence-electron chi connectivity index (χ2n) is 6.38. The van der Waals surface area contributed by atoms with Gasteiger partial charge < -0.3 is 5.32 Å². The van der Waals surface area contributed by atoms with E-state index < -0.39 is 0 Å². The molecule has 1 N–H and O–H groups in total. The molecule has 0 radical (unpaired) electrons. The summed E-state index contributed by atoms with van der Waals surface area (Å²) in [4.78, 5) is 0. The van der Waals surface area contributed by atoms with Crippen molar-refractivity contribution in [1.82, 2.24) is 15.1 Å². The van der Waals surface area contributed by atoms with Crippen LogP contribution in [0.25, 0.3) is 11.1 Å². The molecule has 3 heteroatoms. The van der Waals surface area contributed by atoms with Gasteiger partial charge in [-0.05, 0) is 70.3 Å². The molecule has 0 spiro atoms. The monoisotopic (exact) mass is 283 g/mol. The Bertz CT molecular complexity index is 667. The first-order valence-corrected chi connectivity index (χ1v) is 7.89. The number of rotatable bonds is 3. The van der Waals surface area contributed by atoms with Crippen molar-refractivity contribution >= 4 is 0 Å². The van der Waals surface area contributed by atoms with Crippen molar-refractivity contribution in [1.29, 1.82) is 0 Å². The fourth-order valence-electron chi connectivity index (χ4n) is 3.64. The van der Waals surface area contributed by atoms with E-state index in [-0.39, 0.29) is 0 Å². The molecule has 3 rings (SSSR count). The molecule has 0 saturated carbocycles. The van der Waals surface area contributed by atoms with Crippen LogP contribution < -0.4 is 5.32 Å². The molecule has 1 heterocycles. The van der Waals surface area contributed by atoms with Crippen LogP contribution in [0.15, 0.2) is 18.2 Å². The summed E-state index contributed by atoms with van der Waals surface area (Å²) in [6.07, 6.45) is 2.39. The molecule has 1 aliphatic rings. The maximum absolute atomic E-state index is 4.72. The summed E-state index contributed by atoms with van der Waals surface area (Å²) in [6.45, 7) is 8.66. The molecule has 1 aromatic carbocycles. The largest absolute Gasteiger partial charge is 0.313 e. The van der Waals surface area contributed by atoms with Crippen LogP contribution in [-0.2, 0) is 6.42 Å². The number of aromatic nitrogens is 2. The number of aryl methyl sites for hydroxylation is 2. The van der Waals surface area contributed by atoms with Crippen LogP contribution in [0.3, 0.4) is 0 Å². The lowest BCUT2D eigenvalue weighted by atomic mass is 9.98. The van der Waals surface area contributed by atoms with Crippen molar-refractivity contribution in [3.05, 3.63) is 40.7 Å². The number of nitrogens with one attached hydrogen (secondary N) is 1. The van der Waals surface area contributed by atoms with E-state index in [1.165, 1.54) is 40.8 Å². The molecule has 0 bridgehead atoms. The van der Waals surface area contributed by atoms with Gasteiger partial charge in [0.05, 0.1) is 5.69 Å². The summed E-state index contributed by atoms with van der Waals surface area (Å²) in [5, 5.41) is 8.15. The minimum Gasteiger partial charge on any atom is -0.313 e. The molecule has 21 heavy (non-hydrogen) atoms. The van der Waals surface area contributed by atoms with Crippen LogP contribution in [0.4, 0.5) is 0 Å². The van der Waals surface area contributed by atoms with Gasteiger partial charge in [-0.25, -0.2) is 0 Å². The Hall–Kier alpha value is -1.61. The smallest absolute Gasteiger partial charge is 0.0675 e. The number of fused-ring (bicyclic) bond motifs is 1. The molecule has 0 fully saturated rings. The molecule has 0 amide bonds. The molecular weight excluding hydrogens is 258 g/mol. The lowest BCUT2D eigenvalue weighted by Gasteiger charge is -2.12. The standard InChI is InChI=1S/C18H25N3/c1-11(2)21-13(4)18(12(3)20-21)15-7-6-14-8-9-17(19-5)16(14)10-15/h6-7,10-11,17,19H,8-9H2,1-5H3. The van der Waals surface area contributed by atoms with Gasteiger partial charge >= 0.3 is 0 Å². The van der Waals surface area contributed by atoms with Crippen LogP contribution in [0.5, 0.6) is 0 Å². The highest BCUT2D eigenvalue weighted by atomic mass is 15.3. The second kappa shape index (κ2) is 5.30. The van der Waals surface area contributed by atoms with E-state index in [1.807, 2.05) is 0 Å². The fourth-order valence-corrected chi connectivity index (χ4v) is 3.64. The molecule has 3 nitrogen and oxygen atoms in total. The Morgan fingerprint density at radius 1 is 1.29 bits per heavy atom. The van der Waals surface area contributed by atoms with Gasteiger partial charge in [-0.15, -0.1) is 0 Å². The average molecular weight is 283 g/mol. The van der Waals surface area contributed by atoms with Crippen LogP contribution in [0, 0.1) is 13.8 Å². The molecule has 0 aliphatic heterocycles. The van der Waals surface area contributed by atoms with Gasteiger partial charge in [0.1, 0.15) is 0 Å². The maximum Gasteiger partial charge on any atom is 0.0675 e. The van der Waals surface area contributed by atoms with E-state index in [9.17, 15) is 0 Å². The molecule has 1 aliphatic carbocycles. The van der Waals surface area contributed by atoms with E-state index in [2.05, 4.69) is 62.9 Å². The second-order valence-corrected chi connectivity index (χ2v) is 6.38. The minimum absolute atomic E-state index is 0.400. The molecule has 1 atom stereocenters. The predicted octanol–water partition coefficient (Wildman–Crippen LogP) is 3.95. The van der Waals surface area contributed by atoms with E-state index in [0.717, 1.165) is 5.69 Å². The Morgan fingerprint density at radius 2 is 2.05 bits per heavy atom. The third-order valence-corrected chi connectivity index (χ3v) is 4.67. The first kappa shape index (κ1) is 14.3. The van der Waals surface area contributed by atoms with Crippen molar-refractivity contribution in [3.8, 4) is 11.1 Å². The predicted molar refractivity (Wildman–Crippen MR) is 87.6 cm³/mol. The van der Waals surface area contributed by atoms with Gasteiger partial charge in [0.15, 0.2) is 0 Å². The zero-order chi connectivity index (χ0) is 15.1. The summed E-state index contributed by atoms with van der Waals surface area (Å²) < 4.78 is 2.13. The van der Waals surface area contributed by atoms with Gasteiger partial charge in [0, 0.05) is 23.3 Å². The van der Waals surface area contributed by atoms with Gasteiger partial charge in [-0.2, -0.15) is 5.10 Å². The van der Waals surface area contributed by atoms with Crippen LogP contribution in [0.2, 0.25) is 0 Å². The van der Waals surface area contributed by atoms with Crippen LogP contribution in [-0.4, -0.2) is 16.8 Å². The molecular formula is C18H25N3. The zero-order valence-electron chi connectivity index (χ0n) is 13.7. The van der Waals surface area contributed by atoms with Crippen molar-refractivity contribution < 1.29 is 0 Å². The lowest BCUT2D eigenvalue weighted by molar-refractivity contribution is 0.516. The fraction of sp³-hybridized carbons (Fsp3) is 0.500. The number of hydrogen-bond donors (Lipinski definition) is 1. The van der Waals surface area contributed by atoms with Gasteiger partial charge in [-0.3, -0.25) is 4.68 Å². The lowest BCUT2D eigenvalue weighted by Crippen LogP contribution is -2.12. The first-order chi connectivity index (χ1) is 10.0. The highest BCUT2D eigenvalue weighted by Crippen LogP contribution is 2.36. The Kier molecular flexibility index (Phi) is 3.62. The maximum atomic E-state index is 4.72. The van der Waals surface area contributed by atoms with Gasteiger partial charge in [0.2, 0.25) is 0 Å². The summed E-state index contributed by atoms with van der Waals surface area (Å²) in [5.74, 6) is 0. The highest BCUT2D eigenvalue weighted by molar-refractivity contribution is 5.70. The van der Waals surface area contributed by atoms with Crippen LogP contribution >= 0.6 is 0 Å². The summed E-state index contributed by atoms with van der Waals surface area (Å²) >= 11 is 0. The molecule has 0 saturated heterocycles.